The minimum Gasteiger partial charge on any atom is -0.464 e. The van der Waals surface area contributed by atoms with Crippen molar-refractivity contribution in [3.05, 3.63) is 63.3 Å². The smallest absolute Gasteiger partial charge is 0.419 e. The summed E-state index contributed by atoms with van der Waals surface area (Å²) in [6.45, 7) is 4.53. The number of aryl methyl sites for hydroxylation is 2. The summed E-state index contributed by atoms with van der Waals surface area (Å²) in [4.78, 5) is 16.7. The van der Waals surface area contributed by atoms with Gasteiger partial charge in [-0.2, -0.15) is 5.26 Å². The molecule has 7 nitrogen and oxygen atoms in total. The van der Waals surface area contributed by atoms with Gasteiger partial charge in [0, 0.05) is 43.6 Å². The molecule has 1 aliphatic heterocycles. The average molecular weight is 451 g/mol. The number of nitrogens with zero attached hydrogens (tertiary/aromatic N) is 4. The van der Waals surface area contributed by atoms with E-state index in [4.69, 9.17) is 25.7 Å². The van der Waals surface area contributed by atoms with E-state index in [1.807, 2.05) is 24.5 Å². The molecule has 1 fully saturated rings. The first-order valence-corrected chi connectivity index (χ1v) is 11.1. The molecule has 3 heterocycles. The minimum atomic E-state index is -0.379. The lowest BCUT2D eigenvalue weighted by Crippen LogP contribution is -2.46. The molecular formula is C24H23ClN4O3. The summed E-state index contributed by atoms with van der Waals surface area (Å²) in [5.41, 5.74) is 4.82. The predicted octanol–water partition coefficient (Wildman–Crippen LogP) is 4.16. The summed E-state index contributed by atoms with van der Waals surface area (Å²) in [5.74, 6) is -0.379. The van der Waals surface area contributed by atoms with Crippen LogP contribution < -0.4 is 10.7 Å². The average Bonchev–Trinajstić information content (AvgIpc) is 3.34. The Morgan fingerprint density at radius 3 is 2.75 bits per heavy atom. The van der Waals surface area contributed by atoms with Gasteiger partial charge in [-0.15, -0.1) is 0 Å². The number of rotatable bonds is 5. The van der Waals surface area contributed by atoms with Crippen molar-refractivity contribution >= 4 is 39.4 Å². The first-order valence-electron chi connectivity index (χ1n) is 10.7. The first kappa shape index (κ1) is 20.7. The number of hydrogen-bond donors (Lipinski definition) is 0. The summed E-state index contributed by atoms with van der Waals surface area (Å²) in [6.07, 6.45) is 3.73. The monoisotopic (exact) mass is 450 g/mol. The van der Waals surface area contributed by atoms with E-state index in [0.29, 0.717) is 21.7 Å². The Kier molecular flexibility index (Phi) is 5.41. The molecule has 4 aromatic rings. The van der Waals surface area contributed by atoms with Gasteiger partial charge in [0.15, 0.2) is 5.58 Å². The molecule has 0 bridgehead atoms. The Balaban J connectivity index is 1.21. The van der Waals surface area contributed by atoms with Crippen LogP contribution in [0, 0.1) is 11.3 Å². The van der Waals surface area contributed by atoms with Gasteiger partial charge < -0.3 is 13.7 Å². The van der Waals surface area contributed by atoms with Gasteiger partial charge in [-0.1, -0.05) is 11.6 Å². The lowest BCUT2D eigenvalue weighted by Gasteiger charge is -2.36. The summed E-state index contributed by atoms with van der Waals surface area (Å²) in [6, 6.07) is 11.4. The van der Waals surface area contributed by atoms with Crippen LogP contribution in [0.4, 0.5) is 5.69 Å². The van der Waals surface area contributed by atoms with Crippen LogP contribution in [0.3, 0.4) is 0 Å². The summed E-state index contributed by atoms with van der Waals surface area (Å²) < 4.78 is 12.6. The van der Waals surface area contributed by atoms with Crippen molar-refractivity contribution in [3.63, 3.8) is 0 Å². The van der Waals surface area contributed by atoms with Crippen molar-refractivity contribution in [3.8, 4) is 6.07 Å². The van der Waals surface area contributed by atoms with Crippen molar-refractivity contribution in [1.29, 1.82) is 5.26 Å². The van der Waals surface area contributed by atoms with Gasteiger partial charge in [0.1, 0.15) is 5.58 Å². The van der Waals surface area contributed by atoms with Crippen LogP contribution in [0.15, 0.2) is 50.2 Å². The van der Waals surface area contributed by atoms with Crippen molar-refractivity contribution in [1.82, 2.24) is 9.47 Å². The van der Waals surface area contributed by atoms with Crippen molar-refractivity contribution < 1.29 is 8.83 Å². The van der Waals surface area contributed by atoms with E-state index in [0.717, 1.165) is 67.8 Å². The molecule has 0 atom stereocenters. The third-order valence-corrected chi connectivity index (χ3v) is 6.47. The number of fused-ring (bicyclic) bond motifs is 2. The predicted molar refractivity (Wildman–Crippen MR) is 124 cm³/mol. The van der Waals surface area contributed by atoms with Gasteiger partial charge >= 0.3 is 5.76 Å². The molecule has 0 radical (unpaired) electrons. The maximum absolute atomic E-state index is 12.0. The van der Waals surface area contributed by atoms with Crippen LogP contribution in [0.25, 0.3) is 22.1 Å². The summed E-state index contributed by atoms with van der Waals surface area (Å²) in [7, 11) is 1.69. The second kappa shape index (κ2) is 8.38. The summed E-state index contributed by atoms with van der Waals surface area (Å²) in [5, 5.41) is 10.8. The highest BCUT2D eigenvalue weighted by atomic mass is 35.5. The zero-order valence-corrected chi connectivity index (χ0v) is 18.6. The van der Waals surface area contributed by atoms with Gasteiger partial charge in [0.25, 0.3) is 0 Å². The number of nitriles is 1. The zero-order valence-electron chi connectivity index (χ0n) is 17.8. The van der Waals surface area contributed by atoms with Gasteiger partial charge in [0.05, 0.1) is 29.1 Å². The number of furan rings is 1. The van der Waals surface area contributed by atoms with E-state index >= 15 is 0 Å². The number of oxazole rings is 1. The highest BCUT2D eigenvalue weighted by Crippen LogP contribution is 2.31. The van der Waals surface area contributed by atoms with Crippen LogP contribution in [-0.2, 0) is 13.5 Å². The lowest BCUT2D eigenvalue weighted by atomic mass is 10.1. The number of hydrogen-bond acceptors (Lipinski definition) is 6. The third kappa shape index (κ3) is 3.77. The van der Waals surface area contributed by atoms with E-state index in [1.165, 1.54) is 4.57 Å². The van der Waals surface area contributed by atoms with E-state index in [9.17, 15) is 4.79 Å². The normalized spacial score (nSPS) is 15.0. The van der Waals surface area contributed by atoms with Gasteiger partial charge in [0.2, 0.25) is 0 Å². The molecule has 0 aliphatic carbocycles. The third-order valence-electron chi connectivity index (χ3n) is 6.26. The molecule has 1 aliphatic rings. The van der Waals surface area contributed by atoms with Crippen LogP contribution in [0.5, 0.6) is 0 Å². The fourth-order valence-electron chi connectivity index (χ4n) is 4.46. The zero-order chi connectivity index (χ0) is 22.2. The lowest BCUT2D eigenvalue weighted by molar-refractivity contribution is 0.255. The van der Waals surface area contributed by atoms with Crippen LogP contribution in [0.2, 0.25) is 5.02 Å². The molecule has 2 aromatic heterocycles. The second-order valence-electron chi connectivity index (χ2n) is 8.22. The van der Waals surface area contributed by atoms with E-state index in [1.54, 1.807) is 19.2 Å². The maximum Gasteiger partial charge on any atom is 0.419 e. The Bertz CT molecular complexity index is 1390. The van der Waals surface area contributed by atoms with Crippen molar-refractivity contribution in [2.75, 3.05) is 37.6 Å². The van der Waals surface area contributed by atoms with E-state index in [2.05, 4.69) is 15.9 Å². The molecule has 0 unspecified atom stereocenters. The van der Waals surface area contributed by atoms with Crippen LogP contribution >= 0.6 is 11.6 Å². The molecule has 0 spiro atoms. The Morgan fingerprint density at radius 1 is 1.16 bits per heavy atom. The SMILES string of the molecule is Cn1c(=O)oc2c(N3CCN(CCCc4coc5ccc(C#N)cc45)CC3)cc(Cl)cc21. The molecule has 1 saturated heterocycles. The topological polar surface area (TPSA) is 78.6 Å². The fraction of sp³-hybridized carbons (Fsp3) is 0.333. The van der Waals surface area contributed by atoms with Crippen LogP contribution in [-0.4, -0.2) is 42.2 Å². The molecule has 0 N–H and O–H groups in total. The standard InChI is InChI=1S/C24H23ClN4O3/c1-27-20-12-18(25)13-21(23(20)32-24(27)30)29-9-7-28(8-10-29)6-2-3-17-15-31-22-5-4-16(14-26)11-19(17)22/h4-5,11-13,15H,2-3,6-10H2,1H3. The van der Waals surface area contributed by atoms with E-state index < -0.39 is 0 Å². The molecule has 8 heteroatoms. The van der Waals surface area contributed by atoms with Crippen molar-refractivity contribution in [2.45, 2.75) is 12.8 Å². The first-order chi connectivity index (χ1) is 15.5. The van der Waals surface area contributed by atoms with Gasteiger partial charge in [-0.05, 0) is 55.3 Å². The quantitative estimate of drug-likeness (QED) is 0.454. The Morgan fingerprint density at radius 2 is 1.97 bits per heavy atom. The summed E-state index contributed by atoms with van der Waals surface area (Å²) >= 11 is 6.31. The Hall–Kier alpha value is -3.21. The number of benzene rings is 2. The number of piperazine rings is 1. The highest BCUT2D eigenvalue weighted by molar-refractivity contribution is 6.31. The second-order valence-corrected chi connectivity index (χ2v) is 8.65. The fourth-order valence-corrected chi connectivity index (χ4v) is 4.67. The molecule has 2 aromatic carbocycles. The van der Waals surface area contributed by atoms with Gasteiger partial charge in [-0.25, -0.2) is 4.79 Å². The maximum atomic E-state index is 12.0. The number of anilines is 1. The van der Waals surface area contributed by atoms with Crippen molar-refractivity contribution in [2.24, 2.45) is 7.05 Å². The van der Waals surface area contributed by atoms with Gasteiger partial charge in [-0.3, -0.25) is 9.47 Å². The molecule has 164 valence electrons. The molecule has 5 rings (SSSR count). The largest absolute Gasteiger partial charge is 0.464 e. The van der Waals surface area contributed by atoms with Crippen LogP contribution in [0.1, 0.15) is 17.5 Å². The Labute approximate surface area is 190 Å². The number of aromatic nitrogens is 1. The molecule has 0 amide bonds. The molecular weight excluding hydrogens is 428 g/mol. The molecule has 32 heavy (non-hydrogen) atoms. The highest BCUT2D eigenvalue weighted by Gasteiger charge is 2.22. The minimum absolute atomic E-state index is 0.379. The number of halogens is 1. The molecule has 0 saturated carbocycles. The van der Waals surface area contributed by atoms with E-state index in [-0.39, 0.29) is 5.76 Å².